The van der Waals surface area contributed by atoms with Crippen molar-refractivity contribution in [1.29, 1.82) is 0 Å². The minimum absolute atomic E-state index is 0.0534. The van der Waals surface area contributed by atoms with Crippen molar-refractivity contribution in [2.24, 2.45) is 0 Å². The first-order valence-corrected chi connectivity index (χ1v) is 8.76. The Kier molecular flexibility index (Phi) is 4.07. The number of carbonyl (C=O) groups is 1. The SMILES string of the molecule is Cc1noc(C)c1CC(=O)N1CCN(C)[C@@H](c2nc(C3CC3)no2)C1. The van der Waals surface area contributed by atoms with Crippen LogP contribution < -0.4 is 0 Å². The fraction of sp³-hybridized carbons (Fsp3) is 0.647. The van der Waals surface area contributed by atoms with E-state index in [0.29, 0.717) is 37.1 Å². The Morgan fingerprint density at radius 2 is 2.00 bits per heavy atom. The predicted octanol–water partition coefficient (Wildman–Crippen LogP) is 1.61. The van der Waals surface area contributed by atoms with Crippen molar-refractivity contribution in [3.63, 3.8) is 0 Å². The number of hydrogen-bond donors (Lipinski definition) is 0. The van der Waals surface area contributed by atoms with Crippen molar-refractivity contribution in [3.8, 4) is 0 Å². The summed E-state index contributed by atoms with van der Waals surface area (Å²) in [5, 5.41) is 8.03. The number of rotatable bonds is 4. The molecule has 0 spiro atoms. The van der Waals surface area contributed by atoms with Crippen LogP contribution in [0, 0.1) is 13.8 Å². The molecular formula is C17H23N5O3. The zero-order valence-electron chi connectivity index (χ0n) is 14.9. The van der Waals surface area contributed by atoms with Crippen LogP contribution in [-0.4, -0.2) is 57.7 Å². The molecule has 8 heteroatoms. The van der Waals surface area contributed by atoms with E-state index in [0.717, 1.165) is 36.5 Å². The zero-order valence-corrected chi connectivity index (χ0v) is 14.9. The molecule has 25 heavy (non-hydrogen) atoms. The number of aromatic nitrogens is 3. The van der Waals surface area contributed by atoms with Crippen LogP contribution in [0.15, 0.2) is 9.05 Å². The third kappa shape index (κ3) is 3.18. The van der Waals surface area contributed by atoms with Gasteiger partial charge in [0.1, 0.15) is 11.8 Å². The largest absolute Gasteiger partial charge is 0.361 e. The lowest BCUT2D eigenvalue weighted by Crippen LogP contribution is -2.49. The van der Waals surface area contributed by atoms with Crippen LogP contribution in [0.3, 0.4) is 0 Å². The van der Waals surface area contributed by atoms with E-state index >= 15 is 0 Å². The standard InChI is InChI=1S/C17H23N5O3/c1-10-13(11(2)24-19-10)8-15(23)22-7-6-21(3)14(9-22)17-18-16(20-25-17)12-4-5-12/h12,14H,4-9H2,1-3H3/t14-/m1/s1. The van der Waals surface area contributed by atoms with Gasteiger partial charge in [0.05, 0.1) is 12.1 Å². The van der Waals surface area contributed by atoms with Crippen molar-refractivity contribution in [2.45, 2.75) is 45.1 Å². The van der Waals surface area contributed by atoms with Crippen LogP contribution in [0.4, 0.5) is 0 Å². The number of aryl methyl sites for hydroxylation is 2. The summed E-state index contributed by atoms with van der Waals surface area (Å²) >= 11 is 0. The van der Waals surface area contributed by atoms with Crippen LogP contribution >= 0.6 is 0 Å². The van der Waals surface area contributed by atoms with Crippen LogP contribution in [0.25, 0.3) is 0 Å². The number of likely N-dealkylation sites (N-methyl/N-ethyl adjacent to an activating group) is 1. The third-order valence-electron chi connectivity index (χ3n) is 5.19. The number of nitrogens with zero attached hydrogens (tertiary/aromatic N) is 5. The van der Waals surface area contributed by atoms with Gasteiger partial charge in [-0.2, -0.15) is 4.98 Å². The molecule has 0 aromatic carbocycles. The van der Waals surface area contributed by atoms with Gasteiger partial charge in [0.25, 0.3) is 0 Å². The lowest BCUT2D eigenvalue weighted by molar-refractivity contribution is -0.133. The highest BCUT2D eigenvalue weighted by Gasteiger charge is 2.35. The van der Waals surface area contributed by atoms with Gasteiger partial charge in [-0.05, 0) is 33.7 Å². The van der Waals surface area contributed by atoms with Crippen LogP contribution in [0.5, 0.6) is 0 Å². The minimum atomic E-state index is -0.0534. The van der Waals surface area contributed by atoms with Crippen molar-refractivity contribution in [2.75, 3.05) is 26.7 Å². The Balaban J connectivity index is 1.46. The van der Waals surface area contributed by atoms with E-state index in [4.69, 9.17) is 9.05 Å². The molecular weight excluding hydrogens is 322 g/mol. The van der Waals surface area contributed by atoms with Gasteiger partial charge in [0.2, 0.25) is 11.8 Å². The summed E-state index contributed by atoms with van der Waals surface area (Å²) in [6, 6.07) is -0.0534. The maximum atomic E-state index is 12.7. The number of hydrogen-bond acceptors (Lipinski definition) is 7. The highest BCUT2D eigenvalue weighted by Crippen LogP contribution is 2.38. The Morgan fingerprint density at radius 1 is 1.20 bits per heavy atom. The summed E-state index contributed by atoms with van der Waals surface area (Å²) in [4.78, 5) is 21.4. The maximum absolute atomic E-state index is 12.7. The van der Waals surface area contributed by atoms with Crippen molar-refractivity contribution < 1.29 is 13.8 Å². The van der Waals surface area contributed by atoms with E-state index in [2.05, 4.69) is 20.2 Å². The van der Waals surface area contributed by atoms with Crippen LogP contribution in [0.2, 0.25) is 0 Å². The van der Waals surface area contributed by atoms with E-state index in [1.165, 1.54) is 0 Å². The molecule has 8 nitrogen and oxygen atoms in total. The normalized spacial score (nSPS) is 21.7. The maximum Gasteiger partial charge on any atom is 0.245 e. The summed E-state index contributed by atoms with van der Waals surface area (Å²) in [6.07, 6.45) is 2.60. The first-order chi connectivity index (χ1) is 12.0. The molecule has 0 N–H and O–H groups in total. The molecule has 1 saturated heterocycles. The quantitative estimate of drug-likeness (QED) is 0.831. The molecule has 0 radical (unpaired) electrons. The van der Waals surface area contributed by atoms with E-state index in [1.807, 2.05) is 25.8 Å². The average molecular weight is 345 g/mol. The number of piperazine rings is 1. The molecule has 3 heterocycles. The highest BCUT2D eigenvalue weighted by molar-refractivity contribution is 5.79. The summed E-state index contributed by atoms with van der Waals surface area (Å²) in [7, 11) is 2.03. The molecule has 1 aliphatic heterocycles. The molecule has 0 bridgehead atoms. The minimum Gasteiger partial charge on any atom is -0.361 e. The molecule has 134 valence electrons. The fourth-order valence-corrected chi connectivity index (χ4v) is 3.27. The first-order valence-electron chi connectivity index (χ1n) is 8.76. The lowest BCUT2D eigenvalue weighted by Gasteiger charge is -2.37. The molecule has 0 unspecified atom stereocenters. The van der Waals surface area contributed by atoms with Crippen molar-refractivity contribution in [3.05, 3.63) is 28.7 Å². The monoisotopic (exact) mass is 345 g/mol. The molecule has 2 aliphatic rings. The second-order valence-electron chi connectivity index (χ2n) is 7.08. The van der Waals surface area contributed by atoms with Crippen molar-refractivity contribution >= 4 is 5.91 Å². The van der Waals surface area contributed by atoms with Gasteiger partial charge in [-0.1, -0.05) is 10.3 Å². The molecule has 1 atom stereocenters. The average Bonchev–Trinajstić information content (AvgIpc) is 3.26. The second-order valence-corrected chi connectivity index (χ2v) is 7.08. The van der Waals surface area contributed by atoms with Crippen molar-refractivity contribution in [1.82, 2.24) is 25.1 Å². The van der Waals surface area contributed by atoms with E-state index in [1.54, 1.807) is 0 Å². The Bertz CT molecular complexity index is 760. The predicted molar refractivity (Wildman–Crippen MR) is 87.9 cm³/mol. The van der Waals surface area contributed by atoms with E-state index in [-0.39, 0.29) is 11.9 Å². The van der Waals surface area contributed by atoms with Gasteiger partial charge < -0.3 is 13.9 Å². The molecule has 1 amide bonds. The smallest absolute Gasteiger partial charge is 0.245 e. The zero-order chi connectivity index (χ0) is 17.6. The summed E-state index contributed by atoms with van der Waals surface area (Å²) in [5.41, 5.74) is 1.66. The Morgan fingerprint density at radius 3 is 2.68 bits per heavy atom. The Labute approximate surface area is 146 Å². The van der Waals surface area contributed by atoms with Gasteiger partial charge in [0.15, 0.2) is 5.82 Å². The van der Waals surface area contributed by atoms with Gasteiger partial charge in [-0.15, -0.1) is 0 Å². The van der Waals surface area contributed by atoms with Gasteiger partial charge in [-0.25, -0.2) is 0 Å². The topological polar surface area (TPSA) is 88.5 Å². The molecule has 2 aromatic heterocycles. The molecule has 2 aromatic rings. The van der Waals surface area contributed by atoms with E-state index < -0.39 is 0 Å². The van der Waals surface area contributed by atoms with Gasteiger partial charge in [-0.3, -0.25) is 9.69 Å². The third-order valence-corrected chi connectivity index (χ3v) is 5.19. The number of carbonyl (C=O) groups excluding carboxylic acids is 1. The fourth-order valence-electron chi connectivity index (χ4n) is 3.27. The molecule has 4 rings (SSSR count). The first kappa shape index (κ1) is 16.3. The second kappa shape index (κ2) is 6.25. The van der Waals surface area contributed by atoms with E-state index in [9.17, 15) is 4.79 Å². The Hall–Kier alpha value is -2.22. The molecule has 2 fully saturated rings. The summed E-state index contributed by atoms with van der Waals surface area (Å²) < 4.78 is 10.6. The molecule has 1 aliphatic carbocycles. The summed E-state index contributed by atoms with van der Waals surface area (Å²) in [6.45, 7) is 5.74. The van der Waals surface area contributed by atoms with Gasteiger partial charge in [0, 0.05) is 31.1 Å². The van der Waals surface area contributed by atoms with Crippen LogP contribution in [0.1, 0.15) is 53.5 Å². The highest BCUT2D eigenvalue weighted by atomic mass is 16.5. The lowest BCUT2D eigenvalue weighted by atomic mass is 10.1. The van der Waals surface area contributed by atoms with Gasteiger partial charge >= 0.3 is 0 Å². The summed E-state index contributed by atoms with van der Waals surface area (Å²) in [5.74, 6) is 2.67. The molecule has 1 saturated carbocycles. The van der Waals surface area contributed by atoms with Crippen LogP contribution in [-0.2, 0) is 11.2 Å². The number of amides is 1.